The Balaban J connectivity index is 1.68. The van der Waals surface area contributed by atoms with E-state index < -0.39 is 0 Å². The number of nitrogens with zero attached hydrogens (tertiary/aromatic N) is 5. The van der Waals surface area contributed by atoms with Gasteiger partial charge in [0, 0.05) is 31.9 Å². The Kier molecular flexibility index (Phi) is 4.95. The fraction of sp³-hybridized carbons (Fsp3) is 0.688. The van der Waals surface area contributed by atoms with Crippen molar-refractivity contribution < 1.29 is 4.74 Å². The normalized spacial score (nSPS) is 22.7. The van der Waals surface area contributed by atoms with E-state index >= 15 is 0 Å². The van der Waals surface area contributed by atoms with Gasteiger partial charge >= 0.3 is 0 Å². The summed E-state index contributed by atoms with van der Waals surface area (Å²) >= 11 is 0. The molecule has 0 amide bonds. The molecule has 7 nitrogen and oxygen atoms in total. The van der Waals surface area contributed by atoms with Gasteiger partial charge in [-0.1, -0.05) is 0 Å². The van der Waals surface area contributed by atoms with Crippen LogP contribution in [0.5, 0.6) is 0 Å². The Bertz CT molecular complexity index is 570. The lowest BCUT2D eigenvalue weighted by molar-refractivity contribution is 0.00528. The van der Waals surface area contributed by atoms with Gasteiger partial charge < -0.3 is 20.3 Å². The Morgan fingerprint density at radius 1 is 1.35 bits per heavy atom. The average molecular weight is 318 g/mol. The summed E-state index contributed by atoms with van der Waals surface area (Å²) in [6, 6.07) is 1.98. The Hall–Kier alpha value is -1.89. The van der Waals surface area contributed by atoms with Crippen LogP contribution in [0.2, 0.25) is 0 Å². The van der Waals surface area contributed by atoms with Crippen LogP contribution in [0, 0.1) is 6.92 Å². The molecule has 1 atom stereocenters. The lowest BCUT2D eigenvalue weighted by Gasteiger charge is -2.31. The number of anilines is 1. The van der Waals surface area contributed by atoms with Crippen LogP contribution < -0.4 is 10.6 Å². The van der Waals surface area contributed by atoms with Crippen LogP contribution in [-0.2, 0) is 11.3 Å². The van der Waals surface area contributed by atoms with Gasteiger partial charge in [-0.15, -0.1) is 0 Å². The molecule has 126 valence electrons. The molecule has 3 rings (SSSR count). The predicted octanol–water partition coefficient (Wildman–Crippen LogP) is 0.921. The van der Waals surface area contributed by atoms with Gasteiger partial charge in [-0.2, -0.15) is 0 Å². The number of hydrogen-bond acceptors (Lipinski definition) is 5. The summed E-state index contributed by atoms with van der Waals surface area (Å²) in [6.45, 7) is 8.90. The van der Waals surface area contributed by atoms with Crippen molar-refractivity contribution in [3.63, 3.8) is 0 Å². The van der Waals surface area contributed by atoms with E-state index in [0.717, 1.165) is 43.5 Å². The largest absolute Gasteiger partial charge is 0.375 e. The molecule has 0 aliphatic carbocycles. The molecule has 0 spiro atoms. The minimum Gasteiger partial charge on any atom is -0.375 e. The van der Waals surface area contributed by atoms with Gasteiger partial charge in [-0.25, -0.2) is 15.0 Å². The Morgan fingerprint density at radius 2 is 2.13 bits per heavy atom. The molecule has 23 heavy (non-hydrogen) atoms. The molecule has 1 aromatic rings. The summed E-state index contributed by atoms with van der Waals surface area (Å²) in [5.41, 5.74) is 8.02. The summed E-state index contributed by atoms with van der Waals surface area (Å²) in [6.07, 6.45) is 2.63. The van der Waals surface area contributed by atoms with E-state index in [4.69, 9.17) is 10.5 Å². The summed E-state index contributed by atoms with van der Waals surface area (Å²) in [5, 5.41) is 0. The predicted molar refractivity (Wildman–Crippen MR) is 90.5 cm³/mol. The van der Waals surface area contributed by atoms with Crippen molar-refractivity contribution in [3.05, 3.63) is 17.5 Å². The molecule has 7 heteroatoms. The van der Waals surface area contributed by atoms with Gasteiger partial charge in [0.15, 0.2) is 5.96 Å². The zero-order valence-corrected chi connectivity index (χ0v) is 14.0. The lowest BCUT2D eigenvalue weighted by atomic mass is 10.3. The minimum absolute atomic E-state index is 0.195. The zero-order chi connectivity index (χ0) is 16.2. The highest BCUT2D eigenvalue weighted by atomic mass is 16.5. The number of ether oxygens (including phenoxy) is 1. The molecule has 2 fully saturated rings. The van der Waals surface area contributed by atoms with E-state index in [1.807, 2.05) is 13.0 Å². The van der Waals surface area contributed by atoms with E-state index in [2.05, 4.69) is 31.7 Å². The van der Waals surface area contributed by atoms with E-state index in [1.165, 1.54) is 12.8 Å². The summed E-state index contributed by atoms with van der Waals surface area (Å²) < 4.78 is 5.53. The molecular formula is C16H26N6O. The maximum Gasteiger partial charge on any atom is 0.225 e. The lowest BCUT2D eigenvalue weighted by Crippen LogP contribution is -2.47. The third-order valence-electron chi connectivity index (χ3n) is 4.25. The van der Waals surface area contributed by atoms with E-state index in [0.29, 0.717) is 19.1 Å². The van der Waals surface area contributed by atoms with Gasteiger partial charge in [-0.3, -0.25) is 0 Å². The number of rotatable bonds is 3. The topological polar surface area (TPSA) is 79.9 Å². The molecular weight excluding hydrogens is 292 g/mol. The van der Waals surface area contributed by atoms with Gasteiger partial charge in [0.2, 0.25) is 5.95 Å². The maximum absolute atomic E-state index is 6.12. The first-order valence-electron chi connectivity index (χ1n) is 8.38. The van der Waals surface area contributed by atoms with Gasteiger partial charge in [0.05, 0.1) is 24.9 Å². The van der Waals surface area contributed by atoms with E-state index in [9.17, 15) is 0 Å². The van der Waals surface area contributed by atoms with Gasteiger partial charge in [-0.05, 0) is 32.8 Å². The van der Waals surface area contributed by atoms with E-state index in [1.54, 1.807) is 0 Å². The molecule has 1 aromatic heterocycles. The van der Waals surface area contributed by atoms with Crippen molar-refractivity contribution in [2.24, 2.45) is 10.7 Å². The van der Waals surface area contributed by atoms with Gasteiger partial charge in [0.25, 0.3) is 0 Å². The Labute approximate surface area is 137 Å². The first kappa shape index (κ1) is 16.0. The summed E-state index contributed by atoms with van der Waals surface area (Å²) in [5.74, 6) is 1.39. The Morgan fingerprint density at radius 3 is 2.87 bits per heavy atom. The monoisotopic (exact) mass is 318 g/mol. The number of aromatic nitrogens is 2. The van der Waals surface area contributed by atoms with Crippen molar-refractivity contribution in [2.75, 3.05) is 37.7 Å². The standard InChI is InChI=1S/C16H26N6O/c1-12-9-14(20-16(19-12)21-5-3-4-6-21)10-18-15(17)22-7-8-23-13(2)11-22/h9,13H,3-8,10-11H2,1-2H3,(H2,17,18). The molecule has 3 heterocycles. The van der Waals surface area contributed by atoms with Crippen LogP contribution in [0.4, 0.5) is 5.95 Å². The minimum atomic E-state index is 0.195. The van der Waals surface area contributed by atoms with Crippen molar-refractivity contribution in [1.82, 2.24) is 14.9 Å². The average Bonchev–Trinajstić information content (AvgIpc) is 3.06. The number of nitrogens with two attached hydrogens (primary N) is 1. The number of hydrogen-bond donors (Lipinski definition) is 1. The first-order chi connectivity index (χ1) is 11.1. The van der Waals surface area contributed by atoms with Crippen molar-refractivity contribution >= 4 is 11.9 Å². The van der Waals surface area contributed by atoms with Crippen molar-refractivity contribution in [2.45, 2.75) is 39.3 Å². The number of aryl methyl sites for hydroxylation is 1. The van der Waals surface area contributed by atoms with Crippen LogP contribution in [0.25, 0.3) is 0 Å². The SMILES string of the molecule is Cc1cc(CN=C(N)N2CCOC(C)C2)nc(N2CCCC2)n1. The fourth-order valence-corrected chi connectivity index (χ4v) is 3.04. The van der Waals surface area contributed by atoms with Crippen LogP contribution in [0.1, 0.15) is 31.2 Å². The highest BCUT2D eigenvalue weighted by Gasteiger charge is 2.18. The van der Waals surface area contributed by atoms with E-state index in [-0.39, 0.29) is 6.10 Å². The molecule has 0 bridgehead atoms. The number of morpholine rings is 1. The molecule has 0 saturated carbocycles. The second-order valence-corrected chi connectivity index (χ2v) is 6.30. The molecule has 2 N–H and O–H groups in total. The quantitative estimate of drug-likeness (QED) is 0.659. The van der Waals surface area contributed by atoms with Crippen LogP contribution >= 0.6 is 0 Å². The van der Waals surface area contributed by atoms with Crippen LogP contribution in [-0.4, -0.2) is 59.7 Å². The molecule has 2 aliphatic heterocycles. The molecule has 0 radical (unpaired) electrons. The van der Waals surface area contributed by atoms with Gasteiger partial charge in [0.1, 0.15) is 0 Å². The number of aliphatic imine (C=N–C) groups is 1. The molecule has 0 aromatic carbocycles. The second kappa shape index (κ2) is 7.12. The third kappa shape index (κ3) is 4.10. The molecule has 1 unspecified atom stereocenters. The first-order valence-corrected chi connectivity index (χ1v) is 8.38. The highest BCUT2D eigenvalue weighted by Crippen LogP contribution is 2.17. The maximum atomic E-state index is 6.12. The molecule has 2 aliphatic rings. The second-order valence-electron chi connectivity index (χ2n) is 6.30. The fourth-order valence-electron chi connectivity index (χ4n) is 3.04. The van der Waals surface area contributed by atoms with Crippen LogP contribution in [0.15, 0.2) is 11.1 Å². The number of guanidine groups is 1. The highest BCUT2D eigenvalue weighted by molar-refractivity contribution is 5.78. The molecule has 2 saturated heterocycles. The summed E-state index contributed by atoms with van der Waals surface area (Å²) in [7, 11) is 0. The van der Waals surface area contributed by atoms with Crippen LogP contribution in [0.3, 0.4) is 0 Å². The zero-order valence-electron chi connectivity index (χ0n) is 14.0. The summed E-state index contributed by atoms with van der Waals surface area (Å²) in [4.78, 5) is 18.0. The van der Waals surface area contributed by atoms with Crippen molar-refractivity contribution in [1.29, 1.82) is 0 Å². The third-order valence-corrected chi connectivity index (χ3v) is 4.25. The smallest absolute Gasteiger partial charge is 0.225 e. The van der Waals surface area contributed by atoms with Crippen molar-refractivity contribution in [3.8, 4) is 0 Å².